The van der Waals surface area contributed by atoms with E-state index in [1.807, 2.05) is 0 Å². The molecule has 0 fully saturated rings. The van der Waals surface area contributed by atoms with Crippen LogP contribution in [0.15, 0.2) is 60.3 Å². The zero-order chi connectivity index (χ0) is 25.8. The first-order valence-electron chi connectivity index (χ1n) is 10.8. The van der Waals surface area contributed by atoms with Crippen LogP contribution in [-0.2, 0) is 25.7 Å². The number of methoxy groups -OCH3 is 1. The summed E-state index contributed by atoms with van der Waals surface area (Å²) in [4.78, 5) is 41.4. The fourth-order valence-electron chi connectivity index (χ4n) is 3.79. The molecule has 1 aliphatic rings. The Balaban J connectivity index is 1.60. The van der Waals surface area contributed by atoms with E-state index in [0.717, 1.165) is 6.07 Å². The van der Waals surface area contributed by atoms with Gasteiger partial charge in [0.2, 0.25) is 5.78 Å². The Morgan fingerprint density at radius 3 is 2.69 bits per heavy atom. The van der Waals surface area contributed by atoms with Gasteiger partial charge in [0.15, 0.2) is 0 Å². The van der Waals surface area contributed by atoms with E-state index < -0.39 is 35.4 Å². The van der Waals surface area contributed by atoms with Gasteiger partial charge in [-0.2, -0.15) is 0 Å². The summed E-state index contributed by atoms with van der Waals surface area (Å²) in [5.74, 6) is -3.66. The number of ketones is 1. The fourth-order valence-corrected chi connectivity index (χ4v) is 3.79. The molecule has 8 nitrogen and oxygen atoms in total. The number of pyridine rings is 1. The number of anilines is 1. The Bertz CT molecular complexity index is 1390. The zero-order valence-corrected chi connectivity index (χ0v) is 19.0. The molecule has 1 amide bonds. The number of halogens is 2. The van der Waals surface area contributed by atoms with E-state index in [2.05, 4.69) is 20.4 Å². The summed E-state index contributed by atoms with van der Waals surface area (Å²) in [5, 5.41) is 16.2. The number of rotatable bonds is 7. The molecule has 0 saturated heterocycles. The Morgan fingerprint density at radius 2 is 1.94 bits per heavy atom. The van der Waals surface area contributed by atoms with Crippen molar-refractivity contribution in [3.63, 3.8) is 0 Å². The standard InChI is InChI=1S/C26H21F2N3O5/c1-36-22(32)13-30-17-7-8-29-21(11-17)18-4-2-3-14-9-19(24(33)25(34)23(14)18)26(35)31-12-15-5-6-16(27)10-20(15)28/h2-11,25,34H,12-13H2,1H3,(H,29,30)(H,31,35). The topological polar surface area (TPSA) is 118 Å². The van der Waals surface area contributed by atoms with Crippen LogP contribution < -0.4 is 10.6 Å². The molecule has 10 heteroatoms. The number of amides is 1. The van der Waals surface area contributed by atoms with Crippen molar-refractivity contribution in [1.29, 1.82) is 0 Å². The first-order valence-corrected chi connectivity index (χ1v) is 10.8. The fraction of sp³-hybridized carbons (Fsp3) is 0.154. The molecule has 0 bridgehead atoms. The highest BCUT2D eigenvalue weighted by molar-refractivity contribution is 6.25. The molecule has 36 heavy (non-hydrogen) atoms. The average molecular weight is 493 g/mol. The maximum Gasteiger partial charge on any atom is 0.325 e. The number of fused-ring (bicyclic) bond motifs is 1. The summed E-state index contributed by atoms with van der Waals surface area (Å²) in [6.07, 6.45) is 1.22. The van der Waals surface area contributed by atoms with E-state index >= 15 is 0 Å². The number of benzene rings is 2. The van der Waals surface area contributed by atoms with Crippen molar-refractivity contribution in [2.75, 3.05) is 19.0 Å². The van der Waals surface area contributed by atoms with E-state index in [-0.39, 0.29) is 29.8 Å². The number of hydrogen-bond donors (Lipinski definition) is 3. The van der Waals surface area contributed by atoms with Crippen molar-refractivity contribution in [1.82, 2.24) is 10.3 Å². The summed E-state index contributed by atoms with van der Waals surface area (Å²) in [7, 11) is 1.28. The van der Waals surface area contributed by atoms with Crippen LogP contribution in [0.4, 0.5) is 14.5 Å². The van der Waals surface area contributed by atoms with E-state index in [1.54, 1.807) is 30.3 Å². The largest absolute Gasteiger partial charge is 0.468 e. The Kier molecular flexibility index (Phi) is 7.16. The van der Waals surface area contributed by atoms with Crippen molar-refractivity contribution in [2.24, 2.45) is 0 Å². The third-order valence-electron chi connectivity index (χ3n) is 5.63. The molecule has 4 rings (SSSR count). The Morgan fingerprint density at radius 1 is 1.14 bits per heavy atom. The monoisotopic (exact) mass is 493 g/mol. The summed E-state index contributed by atoms with van der Waals surface area (Å²) in [6.45, 7) is -0.329. The van der Waals surface area contributed by atoms with Gasteiger partial charge < -0.3 is 20.5 Å². The predicted molar refractivity (Wildman–Crippen MR) is 126 cm³/mol. The van der Waals surface area contributed by atoms with Crippen molar-refractivity contribution in [3.8, 4) is 11.3 Å². The van der Waals surface area contributed by atoms with Crippen LogP contribution in [0.2, 0.25) is 0 Å². The minimum atomic E-state index is -1.64. The van der Waals surface area contributed by atoms with Crippen LogP contribution in [0.3, 0.4) is 0 Å². The lowest BCUT2D eigenvalue weighted by Gasteiger charge is -2.23. The lowest BCUT2D eigenvalue weighted by atomic mass is 9.84. The Labute approximate surface area is 204 Å². The molecule has 0 aliphatic heterocycles. The SMILES string of the molecule is COC(=O)CNc1ccnc(-c2cccc3c2C(O)C(=O)C(C(=O)NCc2ccc(F)cc2F)=C3)c1. The third-order valence-corrected chi connectivity index (χ3v) is 5.63. The second-order valence-corrected chi connectivity index (χ2v) is 7.91. The van der Waals surface area contributed by atoms with Crippen molar-refractivity contribution in [2.45, 2.75) is 12.6 Å². The third kappa shape index (κ3) is 5.13. The number of nitrogens with one attached hydrogen (secondary N) is 2. The highest BCUT2D eigenvalue weighted by Gasteiger charge is 2.34. The molecule has 3 N–H and O–H groups in total. The summed E-state index contributed by atoms with van der Waals surface area (Å²) in [6, 6.07) is 11.3. The molecule has 1 heterocycles. The minimum absolute atomic E-state index is 0.0450. The minimum Gasteiger partial charge on any atom is -0.468 e. The lowest BCUT2D eigenvalue weighted by Crippen LogP contribution is -2.32. The number of carbonyl (C=O) groups is 3. The van der Waals surface area contributed by atoms with Crippen LogP contribution in [0.1, 0.15) is 22.8 Å². The molecular formula is C26H21F2N3O5. The number of aromatic nitrogens is 1. The van der Waals surface area contributed by atoms with Crippen LogP contribution in [0.25, 0.3) is 17.3 Å². The van der Waals surface area contributed by atoms with Crippen LogP contribution in [-0.4, -0.2) is 41.4 Å². The Hall–Kier alpha value is -4.44. The second kappa shape index (κ2) is 10.4. The molecule has 1 unspecified atom stereocenters. The summed E-state index contributed by atoms with van der Waals surface area (Å²) < 4.78 is 31.6. The maximum atomic E-state index is 13.9. The molecular weight excluding hydrogens is 472 g/mol. The molecule has 1 aliphatic carbocycles. The van der Waals surface area contributed by atoms with Crippen LogP contribution in [0.5, 0.6) is 0 Å². The summed E-state index contributed by atoms with van der Waals surface area (Å²) >= 11 is 0. The number of carbonyl (C=O) groups excluding carboxylic acids is 3. The number of aliphatic hydroxyl groups is 1. The van der Waals surface area contributed by atoms with Crippen molar-refractivity contribution in [3.05, 3.63) is 88.6 Å². The van der Waals surface area contributed by atoms with Gasteiger partial charge in [-0.15, -0.1) is 0 Å². The van der Waals surface area contributed by atoms with E-state index in [4.69, 9.17) is 0 Å². The van der Waals surface area contributed by atoms with Gasteiger partial charge in [-0.1, -0.05) is 24.3 Å². The molecule has 2 aromatic carbocycles. The smallest absolute Gasteiger partial charge is 0.325 e. The second-order valence-electron chi connectivity index (χ2n) is 7.91. The van der Waals surface area contributed by atoms with Gasteiger partial charge in [0, 0.05) is 41.2 Å². The van der Waals surface area contributed by atoms with Gasteiger partial charge in [0.25, 0.3) is 5.91 Å². The highest BCUT2D eigenvalue weighted by atomic mass is 19.1. The van der Waals surface area contributed by atoms with E-state index in [1.165, 1.54) is 25.4 Å². The van der Waals surface area contributed by atoms with E-state index in [9.17, 15) is 28.3 Å². The molecule has 3 aromatic rings. The first kappa shape index (κ1) is 24.7. The van der Waals surface area contributed by atoms with Crippen molar-refractivity contribution < 1.29 is 33.0 Å². The number of nitrogens with zero attached hydrogens (tertiary/aromatic N) is 1. The number of Topliss-reactive ketones (excluding diaryl/α,β-unsaturated/α-hetero) is 1. The quantitative estimate of drug-likeness (QED) is 0.342. The zero-order valence-electron chi connectivity index (χ0n) is 19.0. The maximum absolute atomic E-state index is 13.9. The van der Waals surface area contributed by atoms with Gasteiger partial charge in [-0.3, -0.25) is 19.4 Å². The first-order chi connectivity index (χ1) is 17.3. The van der Waals surface area contributed by atoms with Gasteiger partial charge in [-0.25, -0.2) is 8.78 Å². The average Bonchev–Trinajstić information content (AvgIpc) is 2.88. The molecule has 1 aromatic heterocycles. The normalized spacial score (nSPS) is 14.5. The number of hydrogen-bond acceptors (Lipinski definition) is 7. The molecule has 0 radical (unpaired) electrons. The molecule has 184 valence electrons. The molecule has 1 atom stereocenters. The van der Waals surface area contributed by atoms with Gasteiger partial charge in [-0.05, 0) is 29.8 Å². The van der Waals surface area contributed by atoms with E-state index in [0.29, 0.717) is 28.6 Å². The van der Waals surface area contributed by atoms with Crippen LogP contribution in [0, 0.1) is 11.6 Å². The number of esters is 1. The molecule has 0 spiro atoms. The summed E-state index contributed by atoms with van der Waals surface area (Å²) in [5.41, 5.74) is 1.94. The molecule has 0 saturated carbocycles. The predicted octanol–water partition coefficient (Wildman–Crippen LogP) is 2.93. The van der Waals surface area contributed by atoms with Gasteiger partial charge in [0.05, 0.1) is 18.4 Å². The van der Waals surface area contributed by atoms with Crippen LogP contribution >= 0.6 is 0 Å². The van der Waals surface area contributed by atoms with Gasteiger partial charge >= 0.3 is 5.97 Å². The highest BCUT2D eigenvalue weighted by Crippen LogP contribution is 2.37. The number of aliphatic hydroxyl groups excluding tert-OH is 1. The lowest BCUT2D eigenvalue weighted by molar-refractivity contribution is -0.138. The number of ether oxygens (including phenoxy) is 1. The van der Waals surface area contributed by atoms with Crippen molar-refractivity contribution >= 4 is 29.4 Å². The van der Waals surface area contributed by atoms with Gasteiger partial charge in [0.1, 0.15) is 24.3 Å².